The molecule has 4 nitrogen and oxygen atoms in total. The van der Waals surface area contributed by atoms with Gasteiger partial charge in [-0.2, -0.15) is 5.06 Å². The molecule has 0 fully saturated rings. The number of thioether (sulfide) groups is 1. The molecule has 96 valence electrons. The zero-order valence-corrected chi connectivity index (χ0v) is 11.8. The lowest BCUT2D eigenvalue weighted by molar-refractivity contribution is -0.125. The topological polar surface area (TPSA) is 41.6 Å². The van der Waals surface area contributed by atoms with Crippen LogP contribution in [0, 0.1) is 0 Å². The monoisotopic (exact) mass is 282 g/mol. The van der Waals surface area contributed by atoms with Crippen LogP contribution in [0.5, 0.6) is 0 Å². The van der Waals surface area contributed by atoms with E-state index in [-0.39, 0.29) is 11.8 Å². The Morgan fingerprint density at radius 3 is 2.94 bits per heavy atom. The number of anilines is 1. The molecule has 1 atom stereocenters. The first-order valence-electron chi connectivity index (χ1n) is 5.48. The summed E-state index contributed by atoms with van der Waals surface area (Å²) in [6.45, 7) is 0.495. The van der Waals surface area contributed by atoms with Gasteiger partial charge in [-0.1, -0.05) is 30.4 Å². The molecule has 0 aliphatic carbocycles. The van der Waals surface area contributed by atoms with Crippen molar-refractivity contribution in [3.63, 3.8) is 0 Å². The van der Waals surface area contributed by atoms with E-state index in [1.165, 1.54) is 23.9 Å². The second-order valence-electron chi connectivity index (χ2n) is 3.80. The molecular formula is C12H14N2O2S2. The van der Waals surface area contributed by atoms with E-state index in [2.05, 4.69) is 5.32 Å². The Kier molecular flexibility index (Phi) is 4.21. The number of amides is 1. The lowest BCUT2D eigenvalue weighted by Gasteiger charge is -2.14. The van der Waals surface area contributed by atoms with E-state index in [1.54, 1.807) is 0 Å². The largest absolute Gasteiger partial charge is 0.370 e. The number of nitrogens with zero attached hydrogens (tertiary/aromatic N) is 1. The van der Waals surface area contributed by atoms with Gasteiger partial charge in [-0.05, 0) is 17.9 Å². The van der Waals surface area contributed by atoms with Crippen LogP contribution in [0.1, 0.15) is 11.5 Å². The maximum Gasteiger partial charge on any atom is 0.260 e. The summed E-state index contributed by atoms with van der Waals surface area (Å²) in [4.78, 5) is 17.3. The minimum atomic E-state index is -0.244. The zero-order chi connectivity index (χ0) is 13.1. The molecule has 1 aliphatic heterocycles. The Bertz CT molecular complexity index is 479. The van der Waals surface area contributed by atoms with Crippen molar-refractivity contribution in [1.82, 2.24) is 5.32 Å². The van der Waals surface area contributed by atoms with Gasteiger partial charge in [0.25, 0.3) is 5.91 Å². The molecule has 0 saturated carbocycles. The first kappa shape index (κ1) is 13.3. The molecule has 0 radical (unpaired) electrons. The predicted molar refractivity (Wildman–Crippen MR) is 77.8 cm³/mol. The first-order chi connectivity index (χ1) is 8.69. The standard InChI is InChI=1S/C12H14N2O2S2/c1-16-14-10-6-4-3-5-8(10)9(11(14)15)7-13-12(17)18-2/h3-6,9H,7H2,1-2H3,(H,13,17). The number of nitrogens with one attached hydrogen (secondary N) is 1. The van der Waals surface area contributed by atoms with Crippen molar-refractivity contribution < 1.29 is 9.63 Å². The molecule has 1 aromatic rings. The fourth-order valence-corrected chi connectivity index (χ4v) is 2.31. The number of hydrogen-bond acceptors (Lipinski definition) is 4. The molecular weight excluding hydrogens is 268 g/mol. The number of fused-ring (bicyclic) bond motifs is 1. The van der Waals surface area contributed by atoms with E-state index in [1.807, 2.05) is 30.5 Å². The van der Waals surface area contributed by atoms with Crippen LogP contribution >= 0.6 is 24.0 Å². The van der Waals surface area contributed by atoms with Gasteiger partial charge in [0, 0.05) is 6.54 Å². The molecule has 0 aromatic heterocycles. The van der Waals surface area contributed by atoms with Crippen LogP contribution < -0.4 is 10.4 Å². The summed E-state index contributed by atoms with van der Waals surface area (Å²) < 4.78 is 0.691. The second-order valence-corrected chi connectivity index (χ2v) is 5.28. The van der Waals surface area contributed by atoms with Gasteiger partial charge in [0.1, 0.15) is 4.32 Å². The van der Waals surface area contributed by atoms with Crippen molar-refractivity contribution in [1.29, 1.82) is 0 Å². The summed E-state index contributed by atoms with van der Waals surface area (Å²) in [5.74, 6) is -0.304. The van der Waals surface area contributed by atoms with Crippen LogP contribution in [0.4, 0.5) is 5.69 Å². The molecule has 0 saturated heterocycles. The Labute approximate surface area is 116 Å². The van der Waals surface area contributed by atoms with E-state index in [4.69, 9.17) is 17.1 Å². The fourth-order valence-electron chi connectivity index (χ4n) is 2.00. The smallest absolute Gasteiger partial charge is 0.260 e. The maximum atomic E-state index is 12.2. The van der Waals surface area contributed by atoms with Gasteiger partial charge in [-0.15, -0.1) is 11.8 Å². The molecule has 18 heavy (non-hydrogen) atoms. The number of hydrogen-bond donors (Lipinski definition) is 1. The third kappa shape index (κ3) is 2.36. The Balaban J connectivity index is 2.21. The van der Waals surface area contributed by atoms with E-state index in [0.717, 1.165) is 11.3 Å². The van der Waals surface area contributed by atoms with Crippen LogP contribution in [0.2, 0.25) is 0 Å². The highest BCUT2D eigenvalue weighted by Gasteiger charge is 2.37. The summed E-state index contributed by atoms with van der Waals surface area (Å²) >= 11 is 6.54. The molecule has 1 aromatic carbocycles. The highest BCUT2D eigenvalue weighted by Crippen LogP contribution is 2.36. The number of carbonyl (C=O) groups is 1. The average molecular weight is 282 g/mol. The molecule has 1 heterocycles. The lowest BCUT2D eigenvalue weighted by atomic mass is 10.0. The van der Waals surface area contributed by atoms with Crippen molar-refractivity contribution in [3.05, 3.63) is 29.8 Å². The molecule has 0 bridgehead atoms. The van der Waals surface area contributed by atoms with Crippen LogP contribution in [0.15, 0.2) is 24.3 Å². The van der Waals surface area contributed by atoms with Gasteiger partial charge in [-0.3, -0.25) is 9.63 Å². The summed E-state index contributed by atoms with van der Waals surface area (Å²) in [6, 6.07) is 7.63. The van der Waals surface area contributed by atoms with Gasteiger partial charge < -0.3 is 5.32 Å². The quantitative estimate of drug-likeness (QED) is 0.858. The average Bonchev–Trinajstić information content (AvgIpc) is 2.67. The maximum absolute atomic E-state index is 12.2. The van der Waals surface area contributed by atoms with Crippen LogP contribution in [0.3, 0.4) is 0 Å². The summed E-state index contributed by atoms with van der Waals surface area (Å²) in [5, 5.41) is 4.42. The molecule has 0 spiro atoms. The number of thiocarbonyl (C=S) groups is 1. The summed E-state index contributed by atoms with van der Waals surface area (Å²) in [5.41, 5.74) is 1.78. The van der Waals surface area contributed by atoms with E-state index < -0.39 is 0 Å². The second kappa shape index (κ2) is 5.69. The molecule has 1 unspecified atom stereocenters. The van der Waals surface area contributed by atoms with Crippen LogP contribution in [-0.4, -0.2) is 30.1 Å². The summed E-state index contributed by atoms with van der Waals surface area (Å²) in [7, 11) is 1.50. The number of rotatable bonds is 3. The highest BCUT2D eigenvalue weighted by atomic mass is 32.2. The minimum absolute atomic E-state index is 0.0601. The van der Waals surface area contributed by atoms with Gasteiger partial charge in [0.2, 0.25) is 0 Å². The van der Waals surface area contributed by atoms with Gasteiger partial charge in [-0.25, -0.2) is 0 Å². The molecule has 1 aliphatic rings. The Morgan fingerprint density at radius 2 is 2.28 bits per heavy atom. The van der Waals surface area contributed by atoms with Crippen molar-refractivity contribution in [3.8, 4) is 0 Å². The van der Waals surface area contributed by atoms with E-state index in [9.17, 15) is 4.79 Å². The van der Waals surface area contributed by atoms with E-state index in [0.29, 0.717) is 10.9 Å². The van der Waals surface area contributed by atoms with E-state index >= 15 is 0 Å². The third-order valence-corrected chi connectivity index (χ3v) is 4.01. The van der Waals surface area contributed by atoms with Crippen LogP contribution in [-0.2, 0) is 9.63 Å². The van der Waals surface area contributed by atoms with Crippen LogP contribution in [0.25, 0.3) is 0 Å². The summed E-state index contributed by atoms with van der Waals surface area (Å²) in [6.07, 6.45) is 1.90. The van der Waals surface area contributed by atoms with Gasteiger partial charge in [0.15, 0.2) is 0 Å². The van der Waals surface area contributed by atoms with Crippen molar-refractivity contribution >= 4 is 39.9 Å². The fraction of sp³-hybridized carbons (Fsp3) is 0.333. The number of carbonyl (C=O) groups excluding carboxylic acids is 1. The SMILES string of the molecule is CON1C(=O)C(CNC(=S)SC)c2ccccc21. The Hall–Kier alpha value is -1.11. The van der Waals surface area contributed by atoms with Gasteiger partial charge >= 0.3 is 0 Å². The molecule has 1 N–H and O–H groups in total. The number of benzene rings is 1. The number of para-hydroxylation sites is 1. The zero-order valence-electron chi connectivity index (χ0n) is 10.2. The normalized spacial score (nSPS) is 17.8. The lowest BCUT2D eigenvalue weighted by Crippen LogP contribution is -2.33. The Morgan fingerprint density at radius 1 is 1.56 bits per heavy atom. The number of hydroxylamine groups is 1. The third-order valence-electron chi connectivity index (χ3n) is 2.85. The van der Waals surface area contributed by atoms with Gasteiger partial charge in [0.05, 0.1) is 18.7 Å². The predicted octanol–water partition coefficient (Wildman–Crippen LogP) is 1.92. The first-order valence-corrected chi connectivity index (χ1v) is 7.11. The van der Waals surface area contributed by atoms with Crippen molar-refractivity contribution in [2.24, 2.45) is 0 Å². The molecule has 2 rings (SSSR count). The minimum Gasteiger partial charge on any atom is -0.370 e. The highest BCUT2D eigenvalue weighted by molar-refractivity contribution is 8.22. The van der Waals surface area contributed by atoms with Crippen molar-refractivity contribution in [2.75, 3.05) is 25.0 Å². The molecule has 1 amide bonds. The van der Waals surface area contributed by atoms with Crippen molar-refractivity contribution in [2.45, 2.75) is 5.92 Å². The molecule has 6 heteroatoms.